The van der Waals surface area contributed by atoms with Gasteiger partial charge in [0.1, 0.15) is 29.4 Å². The van der Waals surface area contributed by atoms with Crippen LogP contribution in [0.2, 0.25) is 0 Å². The zero-order valence-corrected chi connectivity index (χ0v) is 17.9. The summed E-state index contributed by atoms with van der Waals surface area (Å²) in [7, 11) is -3.78. The maximum absolute atomic E-state index is 13.0. The molecule has 1 saturated heterocycles. The van der Waals surface area contributed by atoms with Gasteiger partial charge in [-0.15, -0.1) is 0 Å². The Morgan fingerprint density at radius 3 is 2.43 bits per heavy atom. The van der Waals surface area contributed by atoms with Crippen LogP contribution in [0.5, 0.6) is 0 Å². The van der Waals surface area contributed by atoms with Gasteiger partial charge in [-0.25, -0.2) is 8.42 Å². The molecule has 30 heavy (non-hydrogen) atoms. The van der Waals surface area contributed by atoms with Crippen LogP contribution in [0.1, 0.15) is 66.1 Å². The monoisotopic (exact) mass is 463 g/mol. The molecule has 1 aromatic rings. The standard InChI is InChI=1S/C19H27NO6S.2CH4.H2S/c1-13-18(16(21)11-26-13)20-19(22)17(10-14-6-3-2-4-7-14)27(23,24)12-15-8-5-9-25-15;;;/h5,8-9,13-14,17-18H,2-4,6-7,10-12H2,1H3,(H,20,22);2*1H4;1H2/t13-,17+,18-;;;/m1.../s1. The van der Waals surface area contributed by atoms with E-state index in [0.717, 1.165) is 32.1 Å². The summed E-state index contributed by atoms with van der Waals surface area (Å²) in [5.74, 6) is -0.646. The predicted octanol–water partition coefficient (Wildman–Crippen LogP) is 3.39. The van der Waals surface area contributed by atoms with E-state index in [0.29, 0.717) is 5.76 Å². The molecule has 0 bridgehead atoms. The summed E-state index contributed by atoms with van der Waals surface area (Å²) >= 11 is 0. The number of ketones is 1. The molecule has 9 heteroatoms. The van der Waals surface area contributed by atoms with E-state index in [1.54, 1.807) is 19.1 Å². The summed E-state index contributed by atoms with van der Waals surface area (Å²) in [4.78, 5) is 24.8. The maximum atomic E-state index is 13.0. The van der Waals surface area contributed by atoms with Gasteiger partial charge in [-0.3, -0.25) is 9.59 Å². The molecule has 2 heterocycles. The molecule has 2 fully saturated rings. The number of hydrogen-bond donors (Lipinski definition) is 1. The number of carbonyl (C=O) groups excluding carboxylic acids is 2. The Labute approximate surface area is 187 Å². The molecule has 2 aliphatic rings. The number of ether oxygens (including phenoxy) is 1. The molecule has 1 amide bonds. The first-order valence-corrected chi connectivity index (χ1v) is 11.3. The molecule has 3 rings (SSSR count). The highest BCUT2D eigenvalue weighted by atomic mass is 32.2. The zero-order valence-electron chi connectivity index (χ0n) is 16.1. The molecule has 1 aliphatic heterocycles. The Bertz CT molecular complexity index is 756. The van der Waals surface area contributed by atoms with Crippen molar-refractivity contribution in [1.29, 1.82) is 0 Å². The third kappa shape index (κ3) is 7.13. The molecule has 0 unspecified atom stereocenters. The highest BCUT2D eigenvalue weighted by Crippen LogP contribution is 2.30. The van der Waals surface area contributed by atoms with Crippen molar-refractivity contribution in [2.24, 2.45) is 5.92 Å². The molecule has 1 aromatic heterocycles. The molecule has 1 aliphatic carbocycles. The lowest BCUT2D eigenvalue weighted by molar-refractivity contribution is -0.126. The summed E-state index contributed by atoms with van der Waals surface area (Å²) in [5, 5.41) is 1.44. The first-order valence-electron chi connectivity index (χ1n) is 9.55. The number of rotatable bonds is 7. The van der Waals surface area contributed by atoms with Crippen LogP contribution in [0.25, 0.3) is 0 Å². The van der Waals surface area contributed by atoms with Crippen LogP contribution in [0.4, 0.5) is 0 Å². The molecule has 0 aromatic carbocycles. The summed E-state index contributed by atoms with van der Waals surface area (Å²) < 4.78 is 36.4. The van der Waals surface area contributed by atoms with Gasteiger partial charge in [-0.1, -0.05) is 47.0 Å². The second-order valence-corrected chi connectivity index (χ2v) is 9.77. The number of carbonyl (C=O) groups is 2. The molecule has 1 saturated carbocycles. The molecule has 0 spiro atoms. The summed E-state index contributed by atoms with van der Waals surface area (Å²) in [6.45, 7) is 1.64. The zero-order chi connectivity index (χ0) is 19.4. The van der Waals surface area contributed by atoms with Gasteiger partial charge >= 0.3 is 0 Å². The van der Waals surface area contributed by atoms with Crippen LogP contribution in [-0.2, 0) is 29.9 Å². The maximum Gasteiger partial charge on any atom is 0.239 e. The lowest BCUT2D eigenvalue weighted by atomic mass is 9.86. The number of hydrogen-bond acceptors (Lipinski definition) is 6. The molecule has 1 N–H and O–H groups in total. The SMILES string of the molecule is C.C.C[C@H]1OCC(=O)[C@@H]1NC(=O)[C@H](CC1CCCCC1)S(=O)(=O)Cc1ccco1.S. The number of nitrogens with one attached hydrogen (secondary N) is 1. The minimum Gasteiger partial charge on any atom is -0.468 e. The van der Waals surface area contributed by atoms with Crippen LogP contribution in [0, 0.1) is 5.92 Å². The van der Waals surface area contributed by atoms with Crippen molar-refractivity contribution >= 4 is 35.0 Å². The van der Waals surface area contributed by atoms with Gasteiger partial charge in [0.15, 0.2) is 15.6 Å². The fraction of sp³-hybridized carbons (Fsp3) is 0.714. The van der Waals surface area contributed by atoms with Gasteiger partial charge in [-0.05, 0) is 31.4 Å². The van der Waals surface area contributed by atoms with E-state index in [9.17, 15) is 18.0 Å². The molecule has 3 atom stereocenters. The van der Waals surface area contributed by atoms with Gasteiger partial charge in [0, 0.05) is 0 Å². The molecule has 7 nitrogen and oxygen atoms in total. The number of sulfone groups is 1. The van der Waals surface area contributed by atoms with Crippen molar-refractivity contribution in [3.63, 3.8) is 0 Å². The third-order valence-corrected chi connectivity index (χ3v) is 7.48. The van der Waals surface area contributed by atoms with Gasteiger partial charge < -0.3 is 14.5 Å². The molecular formula is C21H37NO6S2. The van der Waals surface area contributed by atoms with E-state index in [-0.39, 0.29) is 58.8 Å². The number of Topliss-reactive ketones (excluding diaryl/α,β-unsaturated/α-hetero) is 1. The molecular weight excluding hydrogens is 426 g/mol. The van der Waals surface area contributed by atoms with E-state index in [1.807, 2.05) is 0 Å². The lowest BCUT2D eigenvalue weighted by Gasteiger charge is -2.27. The van der Waals surface area contributed by atoms with Crippen LogP contribution in [0.15, 0.2) is 22.8 Å². The van der Waals surface area contributed by atoms with Gasteiger partial charge in [0.2, 0.25) is 5.91 Å². The van der Waals surface area contributed by atoms with Crippen LogP contribution >= 0.6 is 13.5 Å². The van der Waals surface area contributed by atoms with Crippen molar-refractivity contribution in [3.8, 4) is 0 Å². The van der Waals surface area contributed by atoms with E-state index < -0.39 is 33.1 Å². The first-order chi connectivity index (χ1) is 12.9. The van der Waals surface area contributed by atoms with Gasteiger partial charge in [0.05, 0.1) is 12.4 Å². The van der Waals surface area contributed by atoms with Crippen LogP contribution in [0.3, 0.4) is 0 Å². The highest BCUT2D eigenvalue weighted by Gasteiger charge is 2.40. The second kappa shape index (κ2) is 12.5. The van der Waals surface area contributed by atoms with Crippen molar-refractivity contribution in [2.45, 2.75) is 83.5 Å². The van der Waals surface area contributed by atoms with Crippen LogP contribution < -0.4 is 5.32 Å². The van der Waals surface area contributed by atoms with E-state index >= 15 is 0 Å². The minimum atomic E-state index is -3.78. The first kappa shape index (κ1) is 28.7. The topological polar surface area (TPSA) is 103 Å². The largest absolute Gasteiger partial charge is 0.468 e. The fourth-order valence-electron chi connectivity index (χ4n) is 3.94. The third-order valence-electron chi connectivity index (χ3n) is 5.52. The Morgan fingerprint density at radius 1 is 1.23 bits per heavy atom. The Kier molecular flexibility index (Phi) is 12.0. The minimum absolute atomic E-state index is 0. The Balaban J connectivity index is 0.00000280. The summed E-state index contributed by atoms with van der Waals surface area (Å²) in [6.07, 6.45) is 6.38. The normalized spacial score (nSPS) is 22.9. The van der Waals surface area contributed by atoms with E-state index in [1.165, 1.54) is 6.26 Å². The fourth-order valence-corrected chi connectivity index (χ4v) is 5.66. The number of amides is 1. The van der Waals surface area contributed by atoms with Gasteiger partial charge in [0.25, 0.3) is 0 Å². The van der Waals surface area contributed by atoms with Crippen molar-refractivity contribution in [1.82, 2.24) is 5.32 Å². The average Bonchev–Trinajstić information content (AvgIpc) is 3.25. The Hall–Kier alpha value is -1.32. The molecule has 0 radical (unpaired) electrons. The van der Waals surface area contributed by atoms with Crippen molar-refractivity contribution in [3.05, 3.63) is 24.2 Å². The quantitative estimate of drug-likeness (QED) is 0.665. The average molecular weight is 464 g/mol. The molecule has 174 valence electrons. The Morgan fingerprint density at radius 2 is 1.90 bits per heavy atom. The smallest absolute Gasteiger partial charge is 0.239 e. The van der Waals surface area contributed by atoms with E-state index in [4.69, 9.17) is 9.15 Å². The predicted molar refractivity (Wildman–Crippen MR) is 123 cm³/mol. The van der Waals surface area contributed by atoms with Crippen molar-refractivity contribution in [2.75, 3.05) is 6.61 Å². The van der Waals surface area contributed by atoms with Gasteiger partial charge in [-0.2, -0.15) is 13.5 Å². The number of furan rings is 1. The summed E-state index contributed by atoms with van der Waals surface area (Å²) in [6, 6.07) is 2.42. The lowest BCUT2D eigenvalue weighted by Crippen LogP contribution is -2.50. The highest BCUT2D eigenvalue weighted by molar-refractivity contribution is 7.92. The summed E-state index contributed by atoms with van der Waals surface area (Å²) in [5.41, 5.74) is 0. The van der Waals surface area contributed by atoms with Crippen LogP contribution in [-0.4, -0.2) is 44.1 Å². The second-order valence-electron chi connectivity index (χ2n) is 7.58. The van der Waals surface area contributed by atoms with Crippen molar-refractivity contribution < 1.29 is 27.2 Å². The van der Waals surface area contributed by atoms with E-state index in [2.05, 4.69) is 5.32 Å².